The topological polar surface area (TPSA) is 385 Å². The molecule has 0 bridgehead atoms. The number of hydrogen-bond acceptors (Lipinski definition) is 26. The lowest BCUT2D eigenvalue weighted by molar-refractivity contribution is -0.279. The molecule has 3 saturated carbocycles. The normalized spacial score (nSPS) is 22.2. The van der Waals surface area contributed by atoms with Crippen LogP contribution < -0.4 is 15.4 Å². The van der Waals surface area contributed by atoms with Crippen LogP contribution >= 0.6 is 0 Å². The standard InChI is InChI=1S/C35H56F9NO7.C32H51F6NO8.C31H52F5NO9S/c1-11-32(35(42,43)44,26(48)52-31(14-12-13-15-31)17-16-30(10,49)34(39,40)41)19-29(9,18-23(4)24(46)51-28(7,8)22(2)3)25(47)50-21-27(5,6)45-20-33(36,37)38;1-9-23(40)17-45-24(41)20(4)14-21(25(42)46-19-27(5,6)39-18-31(33,34)35)15-28(7,10-2)26(43)47-30(11-3)13-12-22(16-30)29(8,44)32(36,37)38;1-10-28(7,25(39)46-23-13-21(11-12-22(23)32)29(8,41)31(34,35)36)16-30(33,14-20(4)24(38)44-15-19(2)3)26(40)45-18-27(5,6)17-37-47(9,42)43/h22-23,45,49H,11-21H2,1-10H3;20-22,39,44H,9-19H2,1-8H3;19-23,37,41H,10-18H2,1-9H3. The number of aliphatic hydroxyl groups is 3. The predicted molar refractivity (Wildman–Crippen MR) is 494 cm³/mol. The maximum Gasteiger partial charge on any atom is 0.417 e. The van der Waals surface area contributed by atoms with Gasteiger partial charge in [-0.15, -0.1) is 0 Å². The summed E-state index contributed by atoms with van der Waals surface area (Å²) in [5, 5.41) is 34.9. The molecule has 0 radical (unpaired) electrons. The van der Waals surface area contributed by atoms with Crippen LogP contribution in [0.3, 0.4) is 0 Å². The van der Waals surface area contributed by atoms with Crippen LogP contribution in [0.15, 0.2) is 0 Å². The van der Waals surface area contributed by atoms with Crippen molar-refractivity contribution in [2.45, 2.75) is 427 Å². The molecule has 6 N–H and O–H groups in total. The van der Waals surface area contributed by atoms with Gasteiger partial charge in [-0.25, -0.2) is 26.7 Å². The first-order chi connectivity index (χ1) is 65.5. The number of carbonyl (C=O) groups is 10. The van der Waals surface area contributed by atoms with Crippen molar-refractivity contribution in [3.05, 3.63) is 0 Å². The molecule has 0 aromatic heterocycles. The van der Waals surface area contributed by atoms with E-state index in [2.05, 4.69) is 15.4 Å². The molecule has 27 nitrogen and oxygen atoms in total. The summed E-state index contributed by atoms with van der Waals surface area (Å²) in [7, 11) is -3.60. The van der Waals surface area contributed by atoms with Crippen LogP contribution in [0.1, 0.15) is 328 Å². The van der Waals surface area contributed by atoms with Gasteiger partial charge in [0.05, 0.1) is 72.5 Å². The zero-order valence-corrected chi connectivity index (χ0v) is 89.9. The summed E-state index contributed by atoms with van der Waals surface area (Å²) in [6.07, 6.45) is -39.6. The summed E-state index contributed by atoms with van der Waals surface area (Å²) in [5.74, 6) is -17.8. The van der Waals surface area contributed by atoms with Crippen molar-refractivity contribution in [3.8, 4) is 0 Å². The van der Waals surface area contributed by atoms with Crippen LogP contribution in [0.25, 0.3) is 0 Å². The van der Waals surface area contributed by atoms with Gasteiger partial charge in [-0.1, -0.05) is 96.9 Å². The minimum absolute atomic E-state index is 0.0292. The van der Waals surface area contributed by atoms with E-state index in [9.17, 15) is 142 Å². The van der Waals surface area contributed by atoms with Crippen LogP contribution in [0.4, 0.5) is 87.8 Å². The molecule has 0 aliphatic heterocycles. The van der Waals surface area contributed by atoms with Gasteiger partial charge in [0.2, 0.25) is 15.7 Å². The fraction of sp³-hybridized carbons (Fsp3) is 0.898. The first-order valence-corrected chi connectivity index (χ1v) is 51.0. The molecule has 17 unspecified atom stereocenters. The van der Waals surface area contributed by atoms with Crippen LogP contribution in [-0.4, -0.2) is 242 Å². The third kappa shape index (κ3) is 42.0. The second-order valence-electron chi connectivity index (χ2n) is 45.0. The van der Waals surface area contributed by atoms with E-state index in [1.165, 1.54) is 69.2 Å². The van der Waals surface area contributed by atoms with Gasteiger partial charge < -0.3 is 68.6 Å². The quantitative estimate of drug-likeness (QED) is 0.0187. The smallest absolute Gasteiger partial charge is 0.417 e. The summed E-state index contributed by atoms with van der Waals surface area (Å²) >= 11 is 0. The number of rotatable bonds is 53. The molecule has 0 heterocycles. The lowest BCUT2D eigenvalue weighted by Gasteiger charge is -2.43. The third-order valence-corrected chi connectivity index (χ3v) is 29.1. The van der Waals surface area contributed by atoms with E-state index < -0.39 is 323 Å². The summed E-state index contributed by atoms with van der Waals surface area (Å²) in [6.45, 7) is 30.7. The van der Waals surface area contributed by atoms with Crippen molar-refractivity contribution in [3.63, 3.8) is 0 Å². The molecule has 3 rings (SSSR count). The van der Waals surface area contributed by atoms with Crippen molar-refractivity contribution in [2.75, 3.05) is 58.9 Å². The summed E-state index contributed by atoms with van der Waals surface area (Å²) in [6, 6.07) is 0. The maximum absolute atomic E-state index is 17.0. The number of sulfonamides is 1. The van der Waals surface area contributed by atoms with Gasteiger partial charge in [0.1, 0.15) is 48.9 Å². The number of hydrogen-bond donors (Lipinski definition) is 6. The van der Waals surface area contributed by atoms with Gasteiger partial charge in [-0.3, -0.25) is 43.2 Å². The van der Waals surface area contributed by atoms with Gasteiger partial charge in [-0.05, 0) is 223 Å². The Labute approximate surface area is 844 Å². The Morgan fingerprint density at radius 3 is 1.39 bits per heavy atom. The zero-order valence-electron chi connectivity index (χ0n) is 89.1. The predicted octanol–water partition coefficient (Wildman–Crippen LogP) is 20.2. The molecule has 3 fully saturated rings. The molecule has 0 saturated heterocycles. The SMILES string of the molecule is CCC(=O)COC(=O)C(C)CC(CC(C)(CC)C(=O)OC1(CC)CCC(C(C)(O)C(F)(F)F)C1)C(=O)OCC(C)(C)NCC(F)(F)F.CCC(C)(CC(F)(CC(C)C(=O)OCC(C)C)C(=O)OCC(C)(C)CNS(C)(=O)=O)C(=O)OC1CC(C(C)(O)C(F)(F)F)CCC1F.CCC(CC(C)(CC(C)C(=O)OC(C)(C)C(C)C)C(=O)OCC(C)(C)NCC(F)(F)F)(C(=O)OC1(CCC(C)(O)C(F)(F)F)CCCC1)C(F)(F)F. The van der Waals surface area contributed by atoms with Crippen molar-refractivity contribution in [1.29, 1.82) is 0 Å². The second-order valence-corrected chi connectivity index (χ2v) is 46.8. The fourth-order valence-corrected chi connectivity index (χ4v) is 17.3. The zero-order chi connectivity index (χ0) is 114. The lowest BCUT2D eigenvalue weighted by Crippen LogP contribution is -2.54. The Kier molecular flexibility index (Phi) is 49.5. The van der Waals surface area contributed by atoms with E-state index in [0.717, 1.165) is 20.1 Å². The number of ether oxygens (including phenoxy) is 9. The first kappa shape index (κ1) is 137. The van der Waals surface area contributed by atoms with E-state index in [0.29, 0.717) is 33.6 Å². The fourth-order valence-electron chi connectivity index (χ4n) is 16.6. The molecule has 0 aromatic carbocycles. The summed E-state index contributed by atoms with van der Waals surface area (Å²) in [4.78, 5) is 132. The average molecular weight is 2180 g/mol. The first-order valence-electron chi connectivity index (χ1n) is 49.1. The van der Waals surface area contributed by atoms with Gasteiger partial charge in [0.25, 0.3) is 0 Å². The van der Waals surface area contributed by atoms with Crippen molar-refractivity contribution < 1.29 is 202 Å². The van der Waals surface area contributed by atoms with E-state index in [1.807, 2.05) is 0 Å². The maximum atomic E-state index is 17.0. The monoisotopic (exact) mass is 2170 g/mol. The molecular weight excluding hydrogens is 2020 g/mol. The minimum Gasteiger partial charge on any atom is -0.465 e. The van der Waals surface area contributed by atoms with E-state index in [1.54, 1.807) is 76.2 Å². The van der Waals surface area contributed by atoms with E-state index >= 15 is 17.6 Å². The van der Waals surface area contributed by atoms with Gasteiger partial charge >= 0.3 is 90.8 Å². The highest BCUT2D eigenvalue weighted by Gasteiger charge is 2.67. The molecule has 0 amide bonds. The molecule has 3 aliphatic carbocycles. The number of halogens is 20. The Morgan fingerprint density at radius 1 is 0.466 bits per heavy atom. The Hall–Kier alpha value is -6.79. The molecule has 17 atom stereocenters. The summed E-state index contributed by atoms with van der Waals surface area (Å²) in [5.41, 5.74) is -29.3. The number of nitrogens with one attached hydrogen (secondary N) is 3. The van der Waals surface area contributed by atoms with Gasteiger partial charge in [0, 0.05) is 54.1 Å². The lowest BCUT2D eigenvalue weighted by atomic mass is 9.66. The van der Waals surface area contributed by atoms with Crippen LogP contribution in [0, 0.1) is 74.4 Å². The number of alkyl halides is 20. The van der Waals surface area contributed by atoms with E-state index in [-0.39, 0.29) is 108 Å². The van der Waals surface area contributed by atoms with E-state index in [4.69, 9.17) is 42.6 Å². The molecule has 3 aliphatic rings. The third-order valence-electron chi connectivity index (χ3n) is 28.5. The number of Topliss-reactive ketones (excluding diaryl/α,β-unsaturated/α-hetero) is 1. The second kappa shape index (κ2) is 52.7. The highest BCUT2D eigenvalue weighted by atomic mass is 32.2. The molecule has 146 heavy (non-hydrogen) atoms. The highest BCUT2D eigenvalue weighted by Crippen LogP contribution is 2.56. The molecule has 0 aromatic rings. The van der Waals surface area contributed by atoms with Crippen LogP contribution in [0.2, 0.25) is 0 Å². The molecular formula is C98H159F20N3O24S. The Balaban J connectivity index is 0.00000110. The summed E-state index contributed by atoms with van der Waals surface area (Å²) < 4.78 is 350. The van der Waals surface area contributed by atoms with Crippen LogP contribution in [0.5, 0.6) is 0 Å². The minimum atomic E-state index is -5.41. The Morgan fingerprint density at radius 2 is 0.945 bits per heavy atom. The van der Waals surface area contributed by atoms with Crippen molar-refractivity contribution in [2.24, 2.45) is 74.4 Å². The average Bonchev–Trinajstić information content (AvgIpc) is 1.74. The largest absolute Gasteiger partial charge is 0.465 e. The van der Waals surface area contributed by atoms with Crippen LogP contribution in [-0.2, 0) is 101 Å². The van der Waals surface area contributed by atoms with Crippen molar-refractivity contribution >= 4 is 69.5 Å². The molecule has 48 heteroatoms. The van der Waals surface area contributed by atoms with Crippen molar-refractivity contribution in [1.82, 2.24) is 15.4 Å². The number of ketones is 1. The number of esters is 9. The highest BCUT2D eigenvalue weighted by molar-refractivity contribution is 7.88. The van der Waals surface area contributed by atoms with Gasteiger partial charge in [-0.2, -0.15) is 79.0 Å². The number of carbonyl (C=O) groups excluding carboxylic acids is 10. The molecule has 0 spiro atoms. The molecule has 856 valence electrons. The Bertz CT molecular complexity index is 4360. The van der Waals surface area contributed by atoms with Gasteiger partial charge in [0.15, 0.2) is 28.0 Å².